The van der Waals surface area contributed by atoms with E-state index in [0.29, 0.717) is 0 Å². The Kier molecular flexibility index (Phi) is 9.00. The molecule has 0 radical (unpaired) electrons. The van der Waals surface area contributed by atoms with Crippen LogP contribution >= 0.6 is 0 Å². The van der Waals surface area contributed by atoms with Gasteiger partial charge >= 0.3 is 0 Å². The second-order valence-corrected chi connectivity index (χ2v) is 26.5. The molecule has 74 heavy (non-hydrogen) atoms. The summed E-state index contributed by atoms with van der Waals surface area (Å²) in [6.45, 7) is 33.9. The zero-order valence-electron chi connectivity index (χ0n) is 46.1. The SMILES string of the molecule is Cc1cc2c3c(c1)N(c1cc4c(cc1C)C(C)(C)CCC4(C)C)c1ccc4c(oc5ccccc54)c1B3c1cc3c(cc1N2c1ccc2c(c1)C(C)(C)c1ccccc1C2(C)C)C(C)(C)c1ccccc1C3(C)C. The van der Waals surface area contributed by atoms with E-state index in [1.807, 2.05) is 0 Å². The maximum Gasteiger partial charge on any atom is 0.257 e. The number of anilines is 6. The molecule has 0 saturated heterocycles. The fourth-order valence-electron chi connectivity index (χ4n) is 15.4. The summed E-state index contributed by atoms with van der Waals surface area (Å²) >= 11 is 0. The highest BCUT2D eigenvalue weighted by Gasteiger charge is 2.50. The molecule has 3 heterocycles. The summed E-state index contributed by atoms with van der Waals surface area (Å²) in [7, 11) is 0. The van der Waals surface area contributed by atoms with Gasteiger partial charge in [0.25, 0.3) is 6.71 Å². The highest BCUT2D eigenvalue weighted by atomic mass is 16.3. The van der Waals surface area contributed by atoms with Crippen molar-refractivity contribution in [2.45, 2.75) is 142 Å². The van der Waals surface area contributed by atoms with Crippen molar-refractivity contribution in [2.24, 2.45) is 0 Å². The van der Waals surface area contributed by atoms with Crippen LogP contribution in [0.2, 0.25) is 0 Å². The number of hydrogen-bond acceptors (Lipinski definition) is 3. The van der Waals surface area contributed by atoms with E-state index in [2.05, 4.69) is 246 Å². The van der Waals surface area contributed by atoms with Gasteiger partial charge in [-0.3, -0.25) is 0 Å². The fraction of sp³-hybridized carbons (Fsp3) is 0.314. The molecular formula is C70H69BN2O. The molecule has 0 atom stereocenters. The monoisotopic (exact) mass is 965 g/mol. The van der Waals surface area contributed by atoms with Crippen molar-refractivity contribution < 1.29 is 4.42 Å². The third-order valence-electron chi connectivity index (χ3n) is 19.8. The number of furan rings is 1. The van der Waals surface area contributed by atoms with Crippen LogP contribution in [0, 0.1) is 13.8 Å². The number of fused-ring (bicyclic) bond motifs is 13. The summed E-state index contributed by atoms with van der Waals surface area (Å²) in [4.78, 5) is 5.33. The smallest absolute Gasteiger partial charge is 0.257 e. The predicted molar refractivity (Wildman–Crippen MR) is 314 cm³/mol. The van der Waals surface area contributed by atoms with Crippen LogP contribution in [0.4, 0.5) is 34.1 Å². The molecular weight excluding hydrogens is 896 g/mol. The second-order valence-electron chi connectivity index (χ2n) is 26.5. The molecule has 8 aromatic carbocycles. The number of hydrogen-bond donors (Lipinski definition) is 0. The van der Waals surface area contributed by atoms with Gasteiger partial charge in [0.1, 0.15) is 11.2 Å². The van der Waals surface area contributed by atoms with Crippen molar-refractivity contribution in [1.29, 1.82) is 0 Å². The van der Waals surface area contributed by atoms with E-state index in [1.54, 1.807) is 0 Å². The minimum atomic E-state index is -0.248. The number of nitrogens with zero attached hydrogens (tertiary/aromatic N) is 2. The van der Waals surface area contributed by atoms with Crippen LogP contribution in [-0.4, -0.2) is 6.71 Å². The number of aryl methyl sites for hydroxylation is 2. The van der Waals surface area contributed by atoms with Crippen molar-refractivity contribution in [1.82, 2.24) is 0 Å². The molecule has 0 N–H and O–H groups in total. The summed E-state index contributed by atoms with van der Waals surface area (Å²) in [5, 5.41) is 2.32. The molecule has 0 spiro atoms. The number of rotatable bonds is 2. The maximum atomic E-state index is 7.30. The molecule has 368 valence electrons. The molecule has 0 bridgehead atoms. The fourth-order valence-corrected chi connectivity index (χ4v) is 15.4. The first kappa shape index (κ1) is 45.8. The minimum absolute atomic E-state index is 0.0342. The van der Waals surface area contributed by atoms with Gasteiger partial charge in [0.15, 0.2) is 0 Å². The maximum absolute atomic E-state index is 7.30. The first-order valence-corrected chi connectivity index (χ1v) is 27.4. The van der Waals surface area contributed by atoms with Crippen LogP contribution in [0.5, 0.6) is 0 Å². The van der Waals surface area contributed by atoms with Gasteiger partial charge in [-0.15, -0.1) is 0 Å². The molecule has 9 aromatic rings. The molecule has 14 rings (SSSR count). The lowest BCUT2D eigenvalue weighted by Crippen LogP contribution is -2.62. The zero-order valence-corrected chi connectivity index (χ0v) is 46.1. The first-order valence-electron chi connectivity index (χ1n) is 27.4. The standard InChI is InChI=1S/C70H69BN2O/c1-40-33-59-62-60(34-40)73(57-38-51-50(35-41(57)2)65(3,4)31-32-66(51,5)6)56-30-28-44-43-21-15-20-26-61(43)74-64(44)63(56)71(62)55-37-53-54(70(13,14)48-25-19-18-24-47(48)69(53,11)12)39-58(55)72(59)42-27-29-49-52(36-42)68(9,10)46-23-17-16-22-45(46)67(49,7)8/h15-30,33-39H,31-32H2,1-14H3. The molecule has 3 nitrogen and oxygen atoms in total. The van der Waals surface area contributed by atoms with Crippen molar-refractivity contribution in [3.8, 4) is 0 Å². The lowest BCUT2D eigenvalue weighted by molar-refractivity contribution is 0.332. The van der Waals surface area contributed by atoms with Crippen LogP contribution in [0.3, 0.4) is 0 Å². The molecule has 0 amide bonds. The summed E-state index contributed by atoms with van der Waals surface area (Å²) in [6, 6.07) is 54.7. The second kappa shape index (κ2) is 14.5. The van der Waals surface area contributed by atoms with Crippen LogP contribution in [0.25, 0.3) is 21.9 Å². The van der Waals surface area contributed by atoms with Gasteiger partial charge in [0.05, 0.1) is 0 Å². The van der Waals surface area contributed by atoms with Crippen LogP contribution in [0.1, 0.15) is 163 Å². The highest BCUT2D eigenvalue weighted by molar-refractivity contribution is 7.01. The van der Waals surface area contributed by atoms with Gasteiger partial charge in [-0.25, -0.2) is 0 Å². The Bertz CT molecular complexity index is 3970. The van der Waals surface area contributed by atoms with E-state index < -0.39 is 0 Å². The number of benzene rings is 8. The van der Waals surface area contributed by atoms with Gasteiger partial charge in [-0.05, 0) is 175 Å². The quantitative estimate of drug-likeness (QED) is 0.161. The van der Waals surface area contributed by atoms with E-state index in [4.69, 9.17) is 4.42 Å². The third-order valence-corrected chi connectivity index (χ3v) is 19.8. The summed E-state index contributed by atoms with van der Waals surface area (Å²) in [5.74, 6) is 0. The van der Waals surface area contributed by atoms with Crippen molar-refractivity contribution in [2.75, 3.05) is 9.80 Å². The molecule has 5 aliphatic rings. The highest BCUT2D eigenvalue weighted by Crippen LogP contribution is 2.56. The Hall–Kier alpha value is -6.78. The van der Waals surface area contributed by atoms with Crippen molar-refractivity contribution >= 4 is 79.2 Å². The third kappa shape index (κ3) is 5.81. The number of para-hydroxylation sites is 1. The van der Waals surface area contributed by atoms with Crippen LogP contribution in [0.15, 0.2) is 144 Å². The van der Waals surface area contributed by atoms with Gasteiger partial charge in [-0.1, -0.05) is 168 Å². The summed E-state index contributed by atoms with van der Waals surface area (Å²) in [6.07, 6.45) is 2.33. The average Bonchev–Trinajstić information content (AvgIpc) is 3.78. The van der Waals surface area contributed by atoms with E-state index in [0.717, 1.165) is 23.0 Å². The van der Waals surface area contributed by atoms with Crippen LogP contribution < -0.4 is 26.2 Å². The van der Waals surface area contributed by atoms with Crippen molar-refractivity contribution in [3.05, 3.63) is 206 Å². The van der Waals surface area contributed by atoms with E-state index in [1.165, 1.54) is 129 Å². The molecule has 4 heteroatoms. The normalized spacial score (nSPS) is 19.1. The zero-order chi connectivity index (χ0) is 51.6. The Morgan fingerprint density at radius 1 is 0.392 bits per heavy atom. The first-order chi connectivity index (χ1) is 35.0. The topological polar surface area (TPSA) is 19.6 Å². The molecule has 1 aromatic heterocycles. The summed E-state index contributed by atoms with van der Waals surface area (Å²) < 4.78 is 7.30. The predicted octanol–water partition coefficient (Wildman–Crippen LogP) is 16.6. The lowest BCUT2D eigenvalue weighted by Gasteiger charge is -2.49. The Morgan fingerprint density at radius 3 is 1.51 bits per heavy atom. The van der Waals surface area contributed by atoms with E-state index >= 15 is 0 Å². The van der Waals surface area contributed by atoms with Gasteiger partial charge in [0.2, 0.25) is 0 Å². The average molecular weight is 965 g/mol. The van der Waals surface area contributed by atoms with Crippen LogP contribution in [-0.2, 0) is 32.5 Å². The van der Waals surface area contributed by atoms with E-state index in [9.17, 15) is 0 Å². The van der Waals surface area contributed by atoms with Gasteiger partial charge in [0, 0.05) is 66.6 Å². The Morgan fingerprint density at radius 2 is 0.892 bits per heavy atom. The molecule has 2 aliphatic heterocycles. The lowest BCUT2D eigenvalue weighted by atomic mass is 9.32. The Labute approximate surface area is 439 Å². The Balaban J connectivity index is 1.12. The summed E-state index contributed by atoms with van der Waals surface area (Å²) in [5.41, 5.74) is 29.1. The van der Waals surface area contributed by atoms with Gasteiger partial charge in [-0.2, -0.15) is 0 Å². The largest absolute Gasteiger partial charge is 0.457 e. The molecule has 0 saturated carbocycles. The van der Waals surface area contributed by atoms with Crippen molar-refractivity contribution in [3.63, 3.8) is 0 Å². The molecule has 3 aliphatic carbocycles. The van der Waals surface area contributed by atoms with Gasteiger partial charge < -0.3 is 14.2 Å². The molecule has 0 fully saturated rings. The van der Waals surface area contributed by atoms with E-state index in [-0.39, 0.29) is 39.2 Å². The minimum Gasteiger partial charge on any atom is -0.457 e. The molecule has 0 unspecified atom stereocenters.